The van der Waals surface area contributed by atoms with Crippen LogP contribution in [0.5, 0.6) is 0 Å². The fraction of sp³-hybridized carbons (Fsp3) is 0.0741. The number of rotatable bonds is 6. The third kappa shape index (κ3) is 4.23. The van der Waals surface area contributed by atoms with Crippen molar-refractivity contribution in [2.24, 2.45) is 11.5 Å². The lowest BCUT2D eigenvalue weighted by molar-refractivity contribution is 0.103. The molecule has 4 N–H and O–H groups in total. The molecule has 0 radical (unpaired) electrons. The molecule has 0 heterocycles. The molecule has 0 aliphatic heterocycles. The van der Waals surface area contributed by atoms with Crippen LogP contribution in [0.3, 0.4) is 0 Å². The maximum Gasteiger partial charge on any atom is 0.193 e. The lowest BCUT2D eigenvalue weighted by Gasteiger charge is -2.14. The van der Waals surface area contributed by atoms with Crippen LogP contribution in [0, 0.1) is 0 Å². The van der Waals surface area contributed by atoms with Crippen LogP contribution in [-0.4, -0.2) is 5.78 Å². The molecule has 0 saturated heterocycles. The molecular formula is C27H24N2O. The molecule has 0 amide bonds. The van der Waals surface area contributed by atoms with E-state index in [0.29, 0.717) is 11.1 Å². The lowest BCUT2D eigenvalue weighted by Crippen LogP contribution is -2.12. The average Bonchev–Trinajstić information content (AvgIpc) is 2.84. The molecule has 4 rings (SSSR count). The van der Waals surface area contributed by atoms with E-state index >= 15 is 0 Å². The number of carbonyl (C=O) groups excluding carboxylic acids is 1. The Bertz CT molecular complexity index is 1010. The van der Waals surface area contributed by atoms with Gasteiger partial charge in [0.1, 0.15) is 0 Å². The van der Waals surface area contributed by atoms with Crippen molar-refractivity contribution in [1.29, 1.82) is 0 Å². The van der Waals surface area contributed by atoms with Crippen LogP contribution in [-0.2, 0) is 0 Å². The van der Waals surface area contributed by atoms with Gasteiger partial charge in [0.2, 0.25) is 0 Å². The summed E-state index contributed by atoms with van der Waals surface area (Å²) in [6, 6.07) is 34.5. The first-order chi connectivity index (χ1) is 14.6. The standard InChI is InChI=1S/C27H24N2O/c28-25(19-7-3-1-4-8-19)21-11-15-23(16-12-21)27(30)24-17-13-22(14-18-24)26(29)20-9-5-2-6-10-20/h1-18,25-26H,28-29H2. The Balaban J connectivity index is 1.49. The van der Waals surface area contributed by atoms with E-state index in [1.807, 2.05) is 109 Å². The second-order valence-electron chi connectivity index (χ2n) is 7.35. The molecule has 0 spiro atoms. The Labute approximate surface area is 177 Å². The summed E-state index contributed by atoms with van der Waals surface area (Å²) >= 11 is 0. The van der Waals surface area contributed by atoms with Crippen molar-refractivity contribution in [3.05, 3.63) is 143 Å². The molecule has 0 bridgehead atoms. The summed E-state index contributed by atoms with van der Waals surface area (Å²) in [5.41, 5.74) is 18.0. The van der Waals surface area contributed by atoms with Gasteiger partial charge in [0, 0.05) is 11.1 Å². The van der Waals surface area contributed by atoms with Crippen molar-refractivity contribution < 1.29 is 4.79 Å². The Kier molecular flexibility index (Phi) is 5.84. The highest BCUT2D eigenvalue weighted by Crippen LogP contribution is 2.22. The monoisotopic (exact) mass is 392 g/mol. The average molecular weight is 393 g/mol. The van der Waals surface area contributed by atoms with Crippen LogP contribution in [0.1, 0.15) is 50.3 Å². The van der Waals surface area contributed by atoms with E-state index in [1.165, 1.54) is 0 Å². The number of nitrogens with two attached hydrogens (primary N) is 2. The summed E-state index contributed by atoms with van der Waals surface area (Å²) in [5, 5.41) is 0. The predicted molar refractivity (Wildman–Crippen MR) is 121 cm³/mol. The number of ketones is 1. The van der Waals surface area contributed by atoms with Gasteiger partial charge in [-0.05, 0) is 22.3 Å². The van der Waals surface area contributed by atoms with E-state index in [-0.39, 0.29) is 17.9 Å². The van der Waals surface area contributed by atoms with Gasteiger partial charge in [-0.1, -0.05) is 109 Å². The van der Waals surface area contributed by atoms with Gasteiger partial charge >= 0.3 is 0 Å². The van der Waals surface area contributed by atoms with Crippen LogP contribution >= 0.6 is 0 Å². The Morgan fingerprint density at radius 3 is 1.10 bits per heavy atom. The highest BCUT2D eigenvalue weighted by atomic mass is 16.1. The zero-order valence-electron chi connectivity index (χ0n) is 16.6. The SMILES string of the molecule is NC(c1ccccc1)c1ccc(C(=O)c2ccc(C(N)c3ccccc3)cc2)cc1. The van der Waals surface area contributed by atoms with Crippen LogP contribution in [0.4, 0.5) is 0 Å². The maximum absolute atomic E-state index is 12.9. The van der Waals surface area contributed by atoms with Crippen molar-refractivity contribution in [3.8, 4) is 0 Å². The van der Waals surface area contributed by atoms with Gasteiger partial charge in [0.25, 0.3) is 0 Å². The van der Waals surface area contributed by atoms with E-state index in [4.69, 9.17) is 11.5 Å². The van der Waals surface area contributed by atoms with E-state index in [1.54, 1.807) is 0 Å². The highest BCUT2D eigenvalue weighted by Gasteiger charge is 2.14. The molecule has 0 aromatic heterocycles. The molecule has 0 aliphatic carbocycles. The van der Waals surface area contributed by atoms with Crippen molar-refractivity contribution in [3.63, 3.8) is 0 Å². The number of hydrogen-bond donors (Lipinski definition) is 2. The zero-order valence-corrected chi connectivity index (χ0v) is 16.6. The highest BCUT2D eigenvalue weighted by molar-refractivity contribution is 6.09. The van der Waals surface area contributed by atoms with Crippen molar-refractivity contribution in [2.75, 3.05) is 0 Å². The van der Waals surface area contributed by atoms with E-state index in [0.717, 1.165) is 22.3 Å². The first kappa shape index (κ1) is 19.8. The number of hydrogen-bond acceptors (Lipinski definition) is 3. The second kappa shape index (κ2) is 8.87. The molecule has 148 valence electrons. The van der Waals surface area contributed by atoms with E-state index < -0.39 is 0 Å². The molecule has 0 aliphatic rings. The van der Waals surface area contributed by atoms with Crippen molar-refractivity contribution in [2.45, 2.75) is 12.1 Å². The first-order valence-electron chi connectivity index (χ1n) is 9.99. The maximum atomic E-state index is 12.9. The van der Waals surface area contributed by atoms with Gasteiger partial charge < -0.3 is 11.5 Å². The van der Waals surface area contributed by atoms with Crippen LogP contribution in [0.25, 0.3) is 0 Å². The molecule has 2 unspecified atom stereocenters. The minimum absolute atomic E-state index is 0.0188. The summed E-state index contributed by atoms with van der Waals surface area (Å²) in [7, 11) is 0. The Morgan fingerprint density at radius 2 is 0.767 bits per heavy atom. The fourth-order valence-corrected chi connectivity index (χ4v) is 3.56. The van der Waals surface area contributed by atoms with Gasteiger partial charge in [-0.3, -0.25) is 4.79 Å². The van der Waals surface area contributed by atoms with Gasteiger partial charge in [-0.15, -0.1) is 0 Å². The van der Waals surface area contributed by atoms with Gasteiger partial charge in [-0.25, -0.2) is 0 Å². The van der Waals surface area contributed by atoms with E-state index in [9.17, 15) is 4.79 Å². The molecule has 30 heavy (non-hydrogen) atoms. The molecule has 0 saturated carbocycles. The topological polar surface area (TPSA) is 69.1 Å². The molecule has 3 heteroatoms. The van der Waals surface area contributed by atoms with E-state index in [2.05, 4.69) is 0 Å². The first-order valence-corrected chi connectivity index (χ1v) is 9.99. The second-order valence-corrected chi connectivity index (χ2v) is 7.35. The van der Waals surface area contributed by atoms with Crippen LogP contribution in [0.2, 0.25) is 0 Å². The van der Waals surface area contributed by atoms with Crippen LogP contribution < -0.4 is 11.5 Å². The van der Waals surface area contributed by atoms with Crippen molar-refractivity contribution in [1.82, 2.24) is 0 Å². The zero-order chi connectivity index (χ0) is 20.9. The van der Waals surface area contributed by atoms with Gasteiger partial charge in [0.05, 0.1) is 12.1 Å². The molecular weight excluding hydrogens is 368 g/mol. The summed E-state index contributed by atoms with van der Waals surface area (Å²) < 4.78 is 0. The normalized spacial score (nSPS) is 12.9. The predicted octanol–water partition coefficient (Wildman–Crippen LogP) is 5.01. The number of carbonyl (C=O) groups is 1. The summed E-state index contributed by atoms with van der Waals surface area (Å²) in [5.74, 6) is -0.0188. The third-order valence-electron chi connectivity index (χ3n) is 5.38. The molecule has 4 aromatic rings. The molecule has 2 atom stereocenters. The molecule has 3 nitrogen and oxygen atoms in total. The quantitative estimate of drug-likeness (QED) is 0.453. The number of benzene rings is 4. The molecule has 0 fully saturated rings. The lowest BCUT2D eigenvalue weighted by atomic mass is 9.95. The summed E-state index contributed by atoms with van der Waals surface area (Å²) in [6.45, 7) is 0. The van der Waals surface area contributed by atoms with Crippen LogP contribution in [0.15, 0.2) is 109 Å². The van der Waals surface area contributed by atoms with Crippen molar-refractivity contribution >= 4 is 5.78 Å². The Morgan fingerprint density at radius 1 is 0.467 bits per heavy atom. The smallest absolute Gasteiger partial charge is 0.193 e. The molecule has 4 aromatic carbocycles. The largest absolute Gasteiger partial charge is 0.320 e. The minimum atomic E-state index is -0.214. The summed E-state index contributed by atoms with van der Waals surface area (Å²) in [4.78, 5) is 12.9. The Hall–Kier alpha value is -3.53. The fourth-order valence-electron chi connectivity index (χ4n) is 3.56. The summed E-state index contributed by atoms with van der Waals surface area (Å²) in [6.07, 6.45) is 0. The van der Waals surface area contributed by atoms with Gasteiger partial charge in [0.15, 0.2) is 5.78 Å². The van der Waals surface area contributed by atoms with Gasteiger partial charge in [-0.2, -0.15) is 0 Å². The third-order valence-corrected chi connectivity index (χ3v) is 5.38. The minimum Gasteiger partial charge on any atom is -0.320 e.